The van der Waals surface area contributed by atoms with Gasteiger partial charge in [0, 0.05) is 12.1 Å². The van der Waals surface area contributed by atoms with Gasteiger partial charge in [-0.1, -0.05) is 12.1 Å². The molecule has 1 aromatic rings. The first-order chi connectivity index (χ1) is 8.15. The molecule has 1 aliphatic carbocycles. The van der Waals surface area contributed by atoms with E-state index < -0.39 is 0 Å². The van der Waals surface area contributed by atoms with Gasteiger partial charge >= 0.3 is 0 Å². The number of rotatable bonds is 1. The average molecular weight is 243 g/mol. The zero-order chi connectivity index (χ0) is 12.0. The number of nitrogens with one attached hydrogen (secondary N) is 1. The summed E-state index contributed by atoms with van der Waals surface area (Å²) in [5.74, 6) is 0.498. The van der Waals surface area contributed by atoms with Crippen molar-refractivity contribution in [3.05, 3.63) is 46.3 Å². The van der Waals surface area contributed by atoms with Crippen LogP contribution in [0, 0.1) is 19.8 Å². The number of allylic oxidation sites excluding steroid dienone is 1. The van der Waals surface area contributed by atoms with E-state index in [0.717, 1.165) is 18.5 Å². The summed E-state index contributed by atoms with van der Waals surface area (Å²) in [7, 11) is 0. The van der Waals surface area contributed by atoms with E-state index in [4.69, 9.17) is 12.2 Å². The van der Waals surface area contributed by atoms with E-state index >= 15 is 0 Å². The maximum absolute atomic E-state index is 5.04. The quantitative estimate of drug-likeness (QED) is 0.766. The van der Waals surface area contributed by atoms with Crippen LogP contribution >= 0.6 is 12.2 Å². The minimum absolute atomic E-state index is 0.498. The van der Waals surface area contributed by atoms with E-state index in [0.29, 0.717) is 11.0 Å². The number of hydrogen-bond acceptors (Lipinski definition) is 1. The Morgan fingerprint density at radius 3 is 2.24 bits per heavy atom. The van der Waals surface area contributed by atoms with Crippen LogP contribution in [0.4, 0.5) is 0 Å². The van der Waals surface area contributed by atoms with Gasteiger partial charge in [-0.25, -0.2) is 5.32 Å². The van der Waals surface area contributed by atoms with Gasteiger partial charge in [0.05, 0.1) is 5.70 Å². The third kappa shape index (κ3) is 1.75. The number of benzene rings is 1. The highest BCUT2D eigenvalue weighted by atomic mass is 32.1. The van der Waals surface area contributed by atoms with Crippen molar-refractivity contribution >= 4 is 17.3 Å². The SMILES string of the molecule is Cc1ccc(C)c2c1CC(C1=CNC(=S)[N]1)C2. The zero-order valence-electron chi connectivity index (χ0n) is 10.1. The fraction of sp³-hybridized carbons (Fsp3) is 0.357. The van der Waals surface area contributed by atoms with Crippen molar-refractivity contribution in [2.75, 3.05) is 0 Å². The van der Waals surface area contributed by atoms with Gasteiger partial charge in [0.1, 0.15) is 0 Å². The molecule has 1 aliphatic heterocycles. The van der Waals surface area contributed by atoms with Crippen molar-refractivity contribution in [2.45, 2.75) is 26.7 Å². The molecule has 0 spiro atoms. The van der Waals surface area contributed by atoms with E-state index in [9.17, 15) is 0 Å². The second-order valence-electron chi connectivity index (χ2n) is 4.89. The highest BCUT2D eigenvalue weighted by molar-refractivity contribution is 7.80. The van der Waals surface area contributed by atoms with Gasteiger partial charge in [0.25, 0.3) is 0 Å². The number of nitrogens with zero attached hydrogens (tertiary/aromatic N) is 1. The van der Waals surface area contributed by atoms with Gasteiger partial charge in [-0.15, -0.1) is 0 Å². The molecule has 1 heterocycles. The van der Waals surface area contributed by atoms with Gasteiger partial charge in [-0.2, -0.15) is 0 Å². The molecule has 0 amide bonds. The Morgan fingerprint density at radius 2 is 1.76 bits per heavy atom. The Kier molecular flexibility index (Phi) is 2.44. The Hall–Kier alpha value is -1.35. The topological polar surface area (TPSA) is 26.1 Å². The van der Waals surface area contributed by atoms with Gasteiger partial charge in [0.15, 0.2) is 5.11 Å². The molecule has 0 atom stereocenters. The predicted octanol–water partition coefficient (Wildman–Crippen LogP) is 2.35. The third-order valence-electron chi connectivity index (χ3n) is 3.79. The Morgan fingerprint density at radius 1 is 1.18 bits per heavy atom. The molecule has 3 heteroatoms. The molecular formula is C14H15N2S. The molecular weight excluding hydrogens is 228 g/mol. The molecule has 0 saturated carbocycles. The molecule has 1 aromatic carbocycles. The lowest BCUT2D eigenvalue weighted by atomic mass is 10.0. The van der Waals surface area contributed by atoms with Crippen molar-refractivity contribution in [1.82, 2.24) is 10.6 Å². The number of fused-ring (bicyclic) bond motifs is 1. The first-order valence-corrected chi connectivity index (χ1v) is 6.36. The molecule has 1 radical (unpaired) electrons. The molecule has 0 fully saturated rings. The first kappa shape index (κ1) is 10.8. The maximum Gasteiger partial charge on any atom is 0.197 e. The summed E-state index contributed by atoms with van der Waals surface area (Å²) in [6, 6.07) is 4.44. The molecule has 3 rings (SSSR count). The summed E-state index contributed by atoms with van der Waals surface area (Å²) in [4.78, 5) is 0. The van der Waals surface area contributed by atoms with E-state index in [1.54, 1.807) is 0 Å². The normalized spacial score (nSPS) is 18.7. The number of aryl methyl sites for hydroxylation is 2. The summed E-state index contributed by atoms with van der Waals surface area (Å²) < 4.78 is 0. The fourth-order valence-corrected chi connectivity index (χ4v) is 2.96. The largest absolute Gasteiger partial charge is 0.336 e. The summed E-state index contributed by atoms with van der Waals surface area (Å²) >= 11 is 5.04. The van der Waals surface area contributed by atoms with Crippen LogP contribution in [-0.4, -0.2) is 5.11 Å². The van der Waals surface area contributed by atoms with Crippen molar-refractivity contribution in [3.8, 4) is 0 Å². The van der Waals surface area contributed by atoms with Crippen LogP contribution in [0.1, 0.15) is 22.3 Å². The van der Waals surface area contributed by atoms with E-state index in [-0.39, 0.29) is 0 Å². The minimum Gasteiger partial charge on any atom is -0.336 e. The number of thiocarbonyl (C=S) groups is 1. The van der Waals surface area contributed by atoms with Gasteiger partial charge in [-0.3, -0.25) is 0 Å². The second kappa shape index (κ2) is 3.84. The van der Waals surface area contributed by atoms with Crippen LogP contribution in [0.15, 0.2) is 24.0 Å². The standard InChI is InChI=1S/C14H15N2S/c1-8-3-4-9(2)12-6-10(5-11(8)12)13-7-15-14(17)16-13/h3-4,7,10H,5-6H2,1-2H3,(H,15,17). The van der Waals surface area contributed by atoms with E-state index in [1.807, 2.05) is 6.20 Å². The molecule has 0 aromatic heterocycles. The van der Waals surface area contributed by atoms with Crippen molar-refractivity contribution in [3.63, 3.8) is 0 Å². The molecule has 0 saturated heterocycles. The van der Waals surface area contributed by atoms with Crippen LogP contribution < -0.4 is 10.6 Å². The summed E-state index contributed by atoms with van der Waals surface area (Å²) in [6.45, 7) is 4.40. The van der Waals surface area contributed by atoms with Gasteiger partial charge < -0.3 is 5.32 Å². The Labute approximate surface area is 107 Å². The lowest BCUT2D eigenvalue weighted by Gasteiger charge is -2.07. The molecule has 2 aliphatic rings. The van der Waals surface area contributed by atoms with E-state index in [1.165, 1.54) is 22.3 Å². The minimum atomic E-state index is 0.498. The van der Waals surface area contributed by atoms with Crippen molar-refractivity contribution < 1.29 is 0 Å². The Balaban J connectivity index is 1.91. The third-order valence-corrected chi connectivity index (χ3v) is 4.00. The van der Waals surface area contributed by atoms with E-state index in [2.05, 4.69) is 36.6 Å². The van der Waals surface area contributed by atoms with Crippen molar-refractivity contribution in [1.29, 1.82) is 0 Å². The van der Waals surface area contributed by atoms with Crippen LogP contribution in [-0.2, 0) is 12.8 Å². The van der Waals surface area contributed by atoms with Crippen molar-refractivity contribution in [2.24, 2.45) is 5.92 Å². The van der Waals surface area contributed by atoms with Gasteiger partial charge in [-0.05, 0) is 61.2 Å². The summed E-state index contributed by atoms with van der Waals surface area (Å²) in [6.07, 6.45) is 4.16. The summed E-state index contributed by atoms with van der Waals surface area (Å²) in [5, 5.41) is 8.00. The molecule has 87 valence electrons. The molecule has 17 heavy (non-hydrogen) atoms. The first-order valence-electron chi connectivity index (χ1n) is 5.95. The monoisotopic (exact) mass is 243 g/mol. The predicted molar refractivity (Wildman–Crippen MR) is 72.8 cm³/mol. The smallest absolute Gasteiger partial charge is 0.197 e. The maximum atomic E-state index is 5.04. The highest BCUT2D eigenvalue weighted by Crippen LogP contribution is 2.35. The molecule has 0 unspecified atom stereocenters. The molecule has 2 nitrogen and oxygen atoms in total. The van der Waals surface area contributed by atoms with Gasteiger partial charge in [0.2, 0.25) is 0 Å². The lowest BCUT2D eigenvalue weighted by Crippen LogP contribution is -2.18. The van der Waals surface area contributed by atoms with Crippen LogP contribution in [0.3, 0.4) is 0 Å². The van der Waals surface area contributed by atoms with Crippen LogP contribution in [0.25, 0.3) is 0 Å². The lowest BCUT2D eigenvalue weighted by molar-refractivity contribution is 0.632. The number of hydrogen-bond donors (Lipinski definition) is 1. The Bertz CT molecular complexity index is 500. The fourth-order valence-electron chi connectivity index (χ4n) is 2.80. The summed E-state index contributed by atoms with van der Waals surface area (Å²) in [5.41, 5.74) is 6.96. The second-order valence-corrected chi connectivity index (χ2v) is 5.28. The average Bonchev–Trinajstić information content (AvgIpc) is 2.90. The highest BCUT2D eigenvalue weighted by Gasteiger charge is 2.29. The molecule has 1 N–H and O–H groups in total. The van der Waals surface area contributed by atoms with Crippen LogP contribution in [0.5, 0.6) is 0 Å². The molecule has 0 bridgehead atoms. The van der Waals surface area contributed by atoms with Crippen LogP contribution in [0.2, 0.25) is 0 Å². The zero-order valence-corrected chi connectivity index (χ0v) is 10.9.